The van der Waals surface area contributed by atoms with E-state index in [4.69, 9.17) is 0 Å². The maximum absolute atomic E-state index is 12.6. The fourth-order valence-corrected chi connectivity index (χ4v) is 3.27. The summed E-state index contributed by atoms with van der Waals surface area (Å²) in [6.45, 7) is 2.46. The first-order valence-corrected chi connectivity index (χ1v) is 8.86. The van der Waals surface area contributed by atoms with Crippen molar-refractivity contribution in [2.45, 2.75) is 19.9 Å². The second-order valence-electron chi connectivity index (χ2n) is 6.57. The smallest absolute Gasteiger partial charge is 0.277 e. The number of hydrogen-bond donors (Lipinski definition) is 1. The Morgan fingerprint density at radius 2 is 1.70 bits per heavy atom. The van der Waals surface area contributed by atoms with Gasteiger partial charge in [0, 0.05) is 12.7 Å². The summed E-state index contributed by atoms with van der Waals surface area (Å²) in [5, 5.41) is 0.439. The first-order chi connectivity index (χ1) is 13.1. The van der Waals surface area contributed by atoms with Gasteiger partial charge < -0.3 is 0 Å². The van der Waals surface area contributed by atoms with Crippen LogP contribution in [-0.2, 0) is 13.0 Å². The van der Waals surface area contributed by atoms with E-state index in [0.717, 1.165) is 22.3 Å². The molecular weight excluding hydrogens is 338 g/mol. The molecule has 5 heteroatoms. The molecule has 2 aromatic heterocycles. The monoisotopic (exact) mass is 357 g/mol. The SMILES string of the molecule is Cc1ccc(-c2ccnc3c2c(=O)[nH]c(=O)n3CCc2ccccc2)cc1. The molecule has 0 aliphatic heterocycles. The molecule has 2 aromatic carbocycles. The van der Waals surface area contributed by atoms with Gasteiger partial charge in [-0.25, -0.2) is 9.78 Å². The van der Waals surface area contributed by atoms with Crippen molar-refractivity contribution in [1.29, 1.82) is 0 Å². The summed E-state index contributed by atoms with van der Waals surface area (Å²) in [5.74, 6) is 0. The van der Waals surface area contributed by atoms with Crippen LogP contribution in [0.3, 0.4) is 0 Å². The Kier molecular flexibility index (Phi) is 4.42. The van der Waals surface area contributed by atoms with Crippen molar-refractivity contribution in [3.63, 3.8) is 0 Å². The predicted octanol–water partition coefficient (Wildman–Crippen LogP) is 3.30. The minimum Gasteiger partial charge on any atom is -0.277 e. The van der Waals surface area contributed by atoms with Gasteiger partial charge in [-0.05, 0) is 36.1 Å². The summed E-state index contributed by atoms with van der Waals surface area (Å²) in [5.41, 5.74) is 3.54. The zero-order chi connectivity index (χ0) is 18.8. The third-order valence-corrected chi connectivity index (χ3v) is 4.71. The standard InChI is InChI=1S/C22H19N3O2/c1-15-7-9-17(10-8-15)18-11-13-23-20-19(18)21(26)24-22(27)25(20)14-12-16-5-3-2-4-6-16/h2-11,13H,12,14H2,1H3,(H,24,26,27). The lowest BCUT2D eigenvalue weighted by Gasteiger charge is -2.11. The van der Waals surface area contributed by atoms with Gasteiger partial charge in [0.1, 0.15) is 5.65 Å². The number of fused-ring (bicyclic) bond motifs is 1. The van der Waals surface area contributed by atoms with Crippen LogP contribution in [0.1, 0.15) is 11.1 Å². The van der Waals surface area contributed by atoms with Crippen LogP contribution in [0.25, 0.3) is 22.2 Å². The Bertz CT molecular complexity index is 1210. The van der Waals surface area contributed by atoms with Crippen molar-refractivity contribution < 1.29 is 0 Å². The molecule has 0 aliphatic carbocycles. The third-order valence-electron chi connectivity index (χ3n) is 4.71. The van der Waals surface area contributed by atoms with Crippen LogP contribution in [0.5, 0.6) is 0 Å². The summed E-state index contributed by atoms with van der Waals surface area (Å²) in [6, 6.07) is 19.7. The fourth-order valence-electron chi connectivity index (χ4n) is 3.27. The van der Waals surface area contributed by atoms with Gasteiger partial charge in [0.15, 0.2) is 0 Å². The number of nitrogens with zero attached hydrogens (tertiary/aromatic N) is 2. The number of H-pyrrole nitrogens is 1. The van der Waals surface area contributed by atoms with Gasteiger partial charge in [-0.15, -0.1) is 0 Å². The minimum absolute atomic E-state index is 0.408. The van der Waals surface area contributed by atoms with Crippen LogP contribution in [0, 0.1) is 6.92 Å². The van der Waals surface area contributed by atoms with Gasteiger partial charge in [0.25, 0.3) is 5.56 Å². The molecule has 0 amide bonds. The van der Waals surface area contributed by atoms with Crippen molar-refractivity contribution in [3.8, 4) is 11.1 Å². The lowest BCUT2D eigenvalue weighted by atomic mass is 10.0. The van der Waals surface area contributed by atoms with E-state index in [1.807, 2.05) is 67.6 Å². The number of aromatic amines is 1. The van der Waals surface area contributed by atoms with Gasteiger partial charge in [-0.3, -0.25) is 14.3 Å². The van der Waals surface area contributed by atoms with Crippen molar-refractivity contribution in [3.05, 3.63) is 98.8 Å². The average molecular weight is 357 g/mol. The van der Waals surface area contributed by atoms with Crippen LogP contribution >= 0.6 is 0 Å². The molecule has 5 nitrogen and oxygen atoms in total. The molecule has 4 aromatic rings. The molecule has 134 valence electrons. The lowest BCUT2D eigenvalue weighted by molar-refractivity contribution is 0.666. The molecule has 0 fully saturated rings. The molecular formula is C22H19N3O2. The Hall–Kier alpha value is -3.47. The van der Waals surface area contributed by atoms with Gasteiger partial charge in [0.05, 0.1) is 5.39 Å². The maximum atomic E-state index is 12.6. The Labute approximate surface area is 156 Å². The number of hydrogen-bond acceptors (Lipinski definition) is 3. The summed E-state index contributed by atoms with van der Waals surface area (Å²) in [4.78, 5) is 31.8. The van der Waals surface area contributed by atoms with E-state index in [-0.39, 0.29) is 0 Å². The van der Waals surface area contributed by atoms with Crippen LogP contribution in [-0.4, -0.2) is 14.5 Å². The van der Waals surface area contributed by atoms with Crippen LogP contribution in [0.4, 0.5) is 0 Å². The van der Waals surface area contributed by atoms with E-state index < -0.39 is 11.2 Å². The summed E-state index contributed by atoms with van der Waals surface area (Å²) >= 11 is 0. The molecule has 1 N–H and O–H groups in total. The van der Waals surface area contributed by atoms with Crippen molar-refractivity contribution in [2.75, 3.05) is 0 Å². The summed E-state index contributed by atoms with van der Waals surface area (Å²) < 4.78 is 1.54. The zero-order valence-electron chi connectivity index (χ0n) is 15.0. The van der Waals surface area contributed by atoms with Crippen LogP contribution in [0.2, 0.25) is 0 Å². The molecule has 0 saturated heterocycles. The molecule has 0 unspecified atom stereocenters. The van der Waals surface area contributed by atoms with E-state index in [2.05, 4.69) is 9.97 Å². The highest BCUT2D eigenvalue weighted by Gasteiger charge is 2.13. The van der Waals surface area contributed by atoms with Gasteiger partial charge >= 0.3 is 5.69 Å². The number of aromatic nitrogens is 3. The normalized spacial score (nSPS) is 11.0. The Balaban J connectivity index is 1.86. The zero-order valence-corrected chi connectivity index (χ0v) is 15.0. The molecule has 2 heterocycles. The summed E-state index contributed by atoms with van der Waals surface area (Å²) in [7, 11) is 0. The maximum Gasteiger partial charge on any atom is 0.330 e. The highest BCUT2D eigenvalue weighted by atomic mass is 16.2. The van der Waals surface area contributed by atoms with E-state index in [1.54, 1.807) is 10.8 Å². The van der Waals surface area contributed by atoms with Gasteiger partial charge in [0.2, 0.25) is 0 Å². The molecule has 0 spiro atoms. The fraction of sp³-hybridized carbons (Fsp3) is 0.136. The minimum atomic E-state index is -0.433. The summed E-state index contributed by atoms with van der Waals surface area (Å²) in [6.07, 6.45) is 2.33. The van der Waals surface area contributed by atoms with Crippen molar-refractivity contribution in [1.82, 2.24) is 14.5 Å². The van der Waals surface area contributed by atoms with E-state index in [0.29, 0.717) is 24.0 Å². The Morgan fingerprint density at radius 1 is 0.963 bits per heavy atom. The van der Waals surface area contributed by atoms with Crippen LogP contribution in [0.15, 0.2) is 76.4 Å². The molecule has 4 rings (SSSR count). The largest absolute Gasteiger partial charge is 0.330 e. The molecule has 0 radical (unpaired) electrons. The quantitative estimate of drug-likeness (QED) is 0.609. The first-order valence-electron chi connectivity index (χ1n) is 8.86. The molecule has 0 atom stereocenters. The van der Waals surface area contributed by atoms with E-state index >= 15 is 0 Å². The second kappa shape index (κ2) is 7.03. The topological polar surface area (TPSA) is 67.8 Å². The number of rotatable bonds is 4. The number of benzene rings is 2. The molecule has 0 bridgehead atoms. The predicted molar refractivity (Wildman–Crippen MR) is 107 cm³/mol. The number of aryl methyl sites for hydroxylation is 3. The first kappa shape index (κ1) is 17.0. The second-order valence-corrected chi connectivity index (χ2v) is 6.57. The van der Waals surface area contributed by atoms with E-state index in [9.17, 15) is 9.59 Å². The third kappa shape index (κ3) is 3.31. The van der Waals surface area contributed by atoms with Gasteiger partial charge in [-0.2, -0.15) is 0 Å². The highest BCUT2D eigenvalue weighted by molar-refractivity contribution is 5.91. The highest BCUT2D eigenvalue weighted by Crippen LogP contribution is 2.24. The molecule has 0 aliphatic rings. The van der Waals surface area contributed by atoms with Crippen molar-refractivity contribution in [2.24, 2.45) is 0 Å². The van der Waals surface area contributed by atoms with Crippen molar-refractivity contribution >= 4 is 11.0 Å². The average Bonchev–Trinajstić information content (AvgIpc) is 2.68. The number of nitrogens with one attached hydrogen (secondary N) is 1. The van der Waals surface area contributed by atoms with Gasteiger partial charge in [-0.1, -0.05) is 60.2 Å². The number of pyridine rings is 1. The van der Waals surface area contributed by atoms with E-state index in [1.165, 1.54) is 0 Å². The molecule has 0 saturated carbocycles. The Morgan fingerprint density at radius 3 is 2.44 bits per heavy atom. The van der Waals surface area contributed by atoms with Crippen LogP contribution < -0.4 is 11.2 Å². The molecule has 27 heavy (non-hydrogen) atoms. The lowest BCUT2D eigenvalue weighted by Crippen LogP contribution is -2.31.